The Labute approximate surface area is 222 Å². The van der Waals surface area contributed by atoms with Gasteiger partial charge in [-0.1, -0.05) is 18.2 Å². The number of fused-ring (bicyclic) bond motifs is 1. The number of para-hydroxylation sites is 1. The van der Waals surface area contributed by atoms with E-state index in [1.807, 2.05) is 5.32 Å². The van der Waals surface area contributed by atoms with Gasteiger partial charge in [-0.3, -0.25) is 24.0 Å². The van der Waals surface area contributed by atoms with E-state index >= 15 is 0 Å². The van der Waals surface area contributed by atoms with Crippen molar-refractivity contribution in [3.05, 3.63) is 36.0 Å². The number of aliphatic hydroxyl groups is 1. The second-order valence-electron chi connectivity index (χ2n) is 8.96. The highest BCUT2D eigenvalue weighted by Crippen LogP contribution is 2.19. The summed E-state index contributed by atoms with van der Waals surface area (Å²) in [6.45, 7) is 1.16. The number of carboxylic acids is 2. The quantitative estimate of drug-likeness (QED) is 0.115. The molecule has 1 aromatic heterocycles. The summed E-state index contributed by atoms with van der Waals surface area (Å²) in [6.07, 6.45) is -1.16. The van der Waals surface area contributed by atoms with Gasteiger partial charge in [0.1, 0.15) is 18.1 Å². The monoisotopic (exact) mass is 548 g/mol. The third-order valence-electron chi connectivity index (χ3n) is 5.83. The van der Waals surface area contributed by atoms with E-state index < -0.39 is 72.3 Å². The number of nitrogens with two attached hydrogens (primary N) is 2. The molecule has 5 atom stereocenters. The first kappa shape index (κ1) is 30.7. The van der Waals surface area contributed by atoms with Crippen LogP contribution in [0.1, 0.15) is 31.7 Å². The molecule has 15 heteroatoms. The highest BCUT2D eigenvalue weighted by atomic mass is 16.4. The number of aliphatic carboxylic acids is 2. The number of carbonyl (C=O) groups is 6. The summed E-state index contributed by atoms with van der Waals surface area (Å²) >= 11 is 0. The Bertz CT molecular complexity index is 1230. The minimum Gasteiger partial charge on any atom is -0.481 e. The van der Waals surface area contributed by atoms with Crippen molar-refractivity contribution < 1.29 is 44.1 Å². The fourth-order valence-corrected chi connectivity index (χ4v) is 3.73. The molecule has 39 heavy (non-hydrogen) atoms. The molecule has 1 heterocycles. The molecule has 11 N–H and O–H groups in total. The lowest BCUT2D eigenvalue weighted by molar-refractivity contribution is -0.148. The fraction of sp³-hybridized carbons (Fsp3) is 0.417. The Morgan fingerprint density at radius 2 is 1.59 bits per heavy atom. The van der Waals surface area contributed by atoms with Gasteiger partial charge in [-0.05, 0) is 25.0 Å². The van der Waals surface area contributed by atoms with Gasteiger partial charge in [-0.2, -0.15) is 0 Å². The van der Waals surface area contributed by atoms with Gasteiger partial charge in [0.15, 0.2) is 0 Å². The number of hydrogen-bond donors (Lipinski definition) is 9. The number of H-pyrrole nitrogens is 1. The van der Waals surface area contributed by atoms with Crippen molar-refractivity contribution in [2.75, 3.05) is 0 Å². The Morgan fingerprint density at radius 1 is 0.949 bits per heavy atom. The van der Waals surface area contributed by atoms with E-state index in [1.54, 1.807) is 30.5 Å². The van der Waals surface area contributed by atoms with Gasteiger partial charge in [0.25, 0.3) is 0 Å². The van der Waals surface area contributed by atoms with Crippen LogP contribution >= 0.6 is 0 Å². The van der Waals surface area contributed by atoms with E-state index in [0.29, 0.717) is 5.56 Å². The molecular weight excluding hydrogens is 516 g/mol. The number of primary amides is 1. The van der Waals surface area contributed by atoms with Crippen LogP contribution in [0.5, 0.6) is 0 Å². The normalized spacial score (nSPS) is 14.8. The summed E-state index contributed by atoms with van der Waals surface area (Å²) in [7, 11) is 0. The number of carboxylic acid groups (broad SMARTS) is 2. The number of carbonyl (C=O) groups excluding carboxylic acids is 4. The molecule has 0 aliphatic carbocycles. The third-order valence-corrected chi connectivity index (χ3v) is 5.83. The molecule has 0 aliphatic rings. The van der Waals surface area contributed by atoms with Crippen molar-refractivity contribution in [2.45, 2.75) is 62.9 Å². The maximum atomic E-state index is 13.3. The van der Waals surface area contributed by atoms with Gasteiger partial charge in [0.05, 0.1) is 18.6 Å². The van der Waals surface area contributed by atoms with Crippen molar-refractivity contribution in [1.82, 2.24) is 20.9 Å². The molecule has 5 unspecified atom stereocenters. The summed E-state index contributed by atoms with van der Waals surface area (Å²) in [5, 5.41) is 35.7. The highest BCUT2D eigenvalue weighted by Gasteiger charge is 2.33. The van der Waals surface area contributed by atoms with Gasteiger partial charge < -0.3 is 47.7 Å². The van der Waals surface area contributed by atoms with Crippen LogP contribution in [0.25, 0.3) is 10.9 Å². The van der Waals surface area contributed by atoms with Gasteiger partial charge in [-0.25, -0.2) is 4.79 Å². The number of amides is 4. The average Bonchev–Trinajstić information content (AvgIpc) is 3.26. The molecule has 0 aliphatic heterocycles. The standard InChI is InChI=1S/C24H32N6O9/c1-11(31)20(23(37)29-17(24(38)39)9-19(33)34)30-22(36)16(28-21(35)14(25)6-7-18(26)32)8-12-10-27-15-5-3-2-4-13(12)15/h2-5,10-11,14,16-17,20,27,31H,6-9,25H2,1H3,(H2,26,32)(H,28,35)(H,29,37)(H,30,36)(H,33,34)(H,38,39). The Hall–Kier alpha value is -4.50. The lowest BCUT2D eigenvalue weighted by Crippen LogP contribution is -2.60. The largest absolute Gasteiger partial charge is 0.481 e. The van der Waals surface area contributed by atoms with Crippen LogP contribution in [0.4, 0.5) is 0 Å². The molecule has 0 radical (unpaired) electrons. The zero-order valence-electron chi connectivity index (χ0n) is 21.0. The number of rotatable bonds is 15. The van der Waals surface area contributed by atoms with Gasteiger partial charge in [0, 0.05) is 29.9 Å². The number of benzene rings is 1. The second kappa shape index (κ2) is 13.9. The van der Waals surface area contributed by atoms with Crippen molar-refractivity contribution >= 4 is 46.5 Å². The second-order valence-corrected chi connectivity index (χ2v) is 8.96. The maximum Gasteiger partial charge on any atom is 0.326 e. The van der Waals surface area contributed by atoms with Crippen molar-refractivity contribution in [2.24, 2.45) is 11.5 Å². The van der Waals surface area contributed by atoms with Gasteiger partial charge >= 0.3 is 11.9 Å². The van der Waals surface area contributed by atoms with Crippen LogP contribution < -0.4 is 27.4 Å². The van der Waals surface area contributed by atoms with E-state index in [4.69, 9.17) is 16.6 Å². The van der Waals surface area contributed by atoms with Crippen LogP contribution in [-0.2, 0) is 35.2 Å². The average molecular weight is 549 g/mol. The minimum atomic E-state index is -1.82. The fourth-order valence-electron chi connectivity index (χ4n) is 3.73. The highest BCUT2D eigenvalue weighted by molar-refractivity contribution is 5.95. The lowest BCUT2D eigenvalue weighted by Gasteiger charge is -2.26. The predicted molar refractivity (Wildman–Crippen MR) is 136 cm³/mol. The van der Waals surface area contributed by atoms with Crippen LogP contribution in [0.2, 0.25) is 0 Å². The van der Waals surface area contributed by atoms with Crippen molar-refractivity contribution in [1.29, 1.82) is 0 Å². The Morgan fingerprint density at radius 3 is 2.18 bits per heavy atom. The van der Waals surface area contributed by atoms with E-state index in [-0.39, 0.29) is 19.3 Å². The van der Waals surface area contributed by atoms with E-state index in [0.717, 1.165) is 17.8 Å². The summed E-state index contributed by atoms with van der Waals surface area (Å²) < 4.78 is 0. The maximum absolute atomic E-state index is 13.3. The molecule has 0 saturated carbocycles. The summed E-state index contributed by atoms with van der Waals surface area (Å²) in [5.41, 5.74) is 12.3. The molecule has 2 aromatic rings. The molecule has 4 amide bonds. The van der Waals surface area contributed by atoms with Crippen LogP contribution in [0, 0.1) is 0 Å². The lowest BCUT2D eigenvalue weighted by atomic mass is 10.0. The first-order valence-electron chi connectivity index (χ1n) is 11.9. The van der Waals surface area contributed by atoms with Crippen molar-refractivity contribution in [3.8, 4) is 0 Å². The van der Waals surface area contributed by atoms with Crippen LogP contribution in [0.15, 0.2) is 30.5 Å². The third kappa shape index (κ3) is 9.08. The Balaban J connectivity index is 2.28. The number of nitrogens with one attached hydrogen (secondary N) is 4. The smallest absolute Gasteiger partial charge is 0.326 e. The zero-order chi connectivity index (χ0) is 29.3. The molecule has 1 aromatic carbocycles. The van der Waals surface area contributed by atoms with Crippen LogP contribution in [-0.4, -0.2) is 86.1 Å². The predicted octanol–water partition coefficient (Wildman–Crippen LogP) is -2.30. The summed E-state index contributed by atoms with van der Waals surface area (Å²) in [5.74, 6) is -6.63. The Kier molecular flexibility index (Phi) is 10.9. The molecule has 0 spiro atoms. The van der Waals surface area contributed by atoms with Crippen molar-refractivity contribution in [3.63, 3.8) is 0 Å². The first-order chi connectivity index (χ1) is 18.3. The van der Waals surface area contributed by atoms with Gasteiger partial charge in [0.2, 0.25) is 23.6 Å². The topological polar surface area (TPSA) is 267 Å². The first-order valence-corrected chi connectivity index (χ1v) is 11.9. The zero-order valence-corrected chi connectivity index (χ0v) is 21.0. The minimum absolute atomic E-state index is 0.0744. The molecule has 0 saturated heterocycles. The van der Waals surface area contributed by atoms with Gasteiger partial charge in [-0.15, -0.1) is 0 Å². The van der Waals surface area contributed by atoms with E-state index in [1.165, 1.54) is 0 Å². The number of aromatic amines is 1. The SMILES string of the molecule is CC(O)C(NC(=O)C(Cc1c[nH]c2ccccc12)NC(=O)C(N)CCC(N)=O)C(=O)NC(CC(=O)O)C(=O)O. The van der Waals surface area contributed by atoms with E-state index in [2.05, 4.69) is 15.6 Å². The number of hydrogen-bond acceptors (Lipinski definition) is 8. The molecule has 0 bridgehead atoms. The molecule has 2 rings (SSSR count). The van der Waals surface area contributed by atoms with Crippen LogP contribution in [0.3, 0.4) is 0 Å². The summed E-state index contributed by atoms with van der Waals surface area (Å²) in [6, 6.07) is 1.15. The van der Waals surface area contributed by atoms with E-state index in [9.17, 15) is 39.0 Å². The molecule has 212 valence electrons. The molecular formula is C24H32N6O9. The number of aliphatic hydroxyl groups excluding tert-OH is 1. The molecule has 0 fully saturated rings. The summed E-state index contributed by atoms with van der Waals surface area (Å²) in [4.78, 5) is 75.1. The molecule has 15 nitrogen and oxygen atoms in total. The number of aromatic nitrogens is 1.